The second-order valence-corrected chi connectivity index (χ2v) is 6.53. The van der Waals surface area contributed by atoms with E-state index in [1.54, 1.807) is 0 Å². The molecule has 1 aromatic carbocycles. The molecule has 3 N–H and O–H groups in total. The lowest BCUT2D eigenvalue weighted by Gasteiger charge is -2.33. The van der Waals surface area contributed by atoms with Crippen LogP contribution in [0.5, 0.6) is 5.75 Å². The molecule has 3 atom stereocenters. The van der Waals surface area contributed by atoms with Gasteiger partial charge in [0.25, 0.3) is 0 Å². The third kappa shape index (κ3) is 3.81. The highest BCUT2D eigenvalue weighted by atomic mass is 16.5. The summed E-state index contributed by atoms with van der Waals surface area (Å²) < 4.78 is 5.75. The fraction of sp³-hybridized carbons (Fsp3) is 0.647. The number of nitrogens with two attached hydrogens (primary N) is 1. The molecule has 0 aliphatic heterocycles. The molecule has 1 saturated carbocycles. The Morgan fingerprint density at radius 3 is 2.60 bits per heavy atom. The molecule has 20 heavy (non-hydrogen) atoms. The average molecular weight is 276 g/mol. The predicted octanol–water partition coefficient (Wildman–Crippen LogP) is 4.29. The summed E-state index contributed by atoms with van der Waals surface area (Å²) in [4.78, 5) is 0. The van der Waals surface area contributed by atoms with Gasteiger partial charge in [-0.25, -0.2) is 0 Å². The quantitative estimate of drug-likeness (QED) is 0.806. The summed E-state index contributed by atoms with van der Waals surface area (Å²) in [5, 5.41) is 3.64. The molecule has 3 nitrogen and oxygen atoms in total. The molecule has 1 aromatic rings. The summed E-state index contributed by atoms with van der Waals surface area (Å²) in [6, 6.07) is 6.56. The number of nitrogens with one attached hydrogen (secondary N) is 1. The number of rotatable bonds is 4. The number of ether oxygens (including phenoxy) is 1. The first-order chi connectivity index (χ1) is 9.45. The third-order valence-electron chi connectivity index (χ3n) is 4.35. The molecule has 1 aliphatic carbocycles. The maximum absolute atomic E-state index is 5.96. The topological polar surface area (TPSA) is 47.3 Å². The van der Waals surface area contributed by atoms with Crippen LogP contribution < -0.4 is 15.8 Å². The van der Waals surface area contributed by atoms with Gasteiger partial charge < -0.3 is 15.8 Å². The van der Waals surface area contributed by atoms with E-state index in [-0.39, 0.29) is 6.10 Å². The zero-order valence-electron chi connectivity index (χ0n) is 13.1. The van der Waals surface area contributed by atoms with Gasteiger partial charge in [-0.1, -0.05) is 13.8 Å². The molecule has 3 heteroatoms. The van der Waals surface area contributed by atoms with Crippen molar-refractivity contribution >= 4 is 11.4 Å². The summed E-state index contributed by atoms with van der Waals surface area (Å²) in [6.07, 6.45) is 3.94. The van der Waals surface area contributed by atoms with Crippen molar-refractivity contribution in [3.63, 3.8) is 0 Å². The van der Waals surface area contributed by atoms with E-state index in [1.807, 2.05) is 32.0 Å². The largest absolute Gasteiger partial charge is 0.489 e. The van der Waals surface area contributed by atoms with Crippen molar-refractivity contribution in [2.45, 2.75) is 59.1 Å². The van der Waals surface area contributed by atoms with Gasteiger partial charge in [0.15, 0.2) is 0 Å². The SMILES string of the molecule is CC(C)Oc1cc(NC2CCC(C)C(C)C2)ccc1N. The van der Waals surface area contributed by atoms with E-state index in [0.29, 0.717) is 11.7 Å². The predicted molar refractivity (Wildman–Crippen MR) is 86.2 cm³/mol. The van der Waals surface area contributed by atoms with Gasteiger partial charge in [0.1, 0.15) is 5.75 Å². The number of hydrogen-bond donors (Lipinski definition) is 2. The molecular formula is C17H28N2O. The van der Waals surface area contributed by atoms with Crippen LogP contribution in [-0.2, 0) is 0 Å². The second kappa shape index (κ2) is 6.38. The normalized spacial score (nSPS) is 26.6. The molecule has 112 valence electrons. The van der Waals surface area contributed by atoms with Gasteiger partial charge >= 0.3 is 0 Å². The first-order valence-corrected chi connectivity index (χ1v) is 7.78. The zero-order valence-corrected chi connectivity index (χ0v) is 13.1. The smallest absolute Gasteiger partial charge is 0.144 e. The maximum atomic E-state index is 5.96. The first kappa shape index (κ1) is 15.0. The summed E-state index contributed by atoms with van der Waals surface area (Å²) in [6.45, 7) is 8.75. The summed E-state index contributed by atoms with van der Waals surface area (Å²) >= 11 is 0. The van der Waals surface area contributed by atoms with Gasteiger partial charge in [0.2, 0.25) is 0 Å². The highest BCUT2D eigenvalue weighted by Gasteiger charge is 2.24. The van der Waals surface area contributed by atoms with Crippen molar-refractivity contribution in [2.75, 3.05) is 11.1 Å². The highest BCUT2D eigenvalue weighted by Crippen LogP contribution is 2.32. The van der Waals surface area contributed by atoms with Crippen molar-refractivity contribution in [3.8, 4) is 5.75 Å². The van der Waals surface area contributed by atoms with E-state index >= 15 is 0 Å². The Labute approximate surface area is 122 Å². The van der Waals surface area contributed by atoms with Gasteiger partial charge in [-0.15, -0.1) is 0 Å². The van der Waals surface area contributed by atoms with Crippen molar-refractivity contribution in [2.24, 2.45) is 11.8 Å². The van der Waals surface area contributed by atoms with Crippen LogP contribution in [0.4, 0.5) is 11.4 Å². The molecule has 1 aliphatic rings. The summed E-state index contributed by atoms with van der Waals surface area (Å²) in [5.74, 6) is 2.42. The van der Waals surface area contributed by atoms with Crippen LogP contribution in [0.2, 0.25) is 0 Å². The van der Waals surface area contributed by atoms with Crippen molar-refractivity contribution in [1.82, 2.24) is 0 Å². The highest BCUT2D eigenvalue weighted by molar-refractivity contribution is 5.61. The van der Waals surface area contributed by atoms with Gasteiger partial charge in [0, 0.05) is 17.8 Å². The number of nitrogen functional groups attached to an aromatic ring is 1. The molecule has 0 spiro atoms. The molecule has 0 aromatic heterocycles. The van der Waals surface area contributed by atoms with E-state index in [4.69, 9.17) is 10.5 Å². The minimum absolute atomic E-state index is 0.142. The standard InChI is InChI=1S/C17H28N2O/c1-11(2)20-17-10-15(7-8-16(17)18)19-14-6-5-12(3)13(4)9-14/h7-8,10-14,19H,5-6,9,18H2,1-4H3. The Balaban J connectivity index is 2.02. The lowest BCUT2D eigenvalue weighted by Crippen LogP contribution is -2.30. The lowest BCUT2D eigenvalue weighted by atomic mass is 9.79. The van der Waals surface area contributed by atoms with Gasteiger partial charge in [0.05, 0.1) is 11.8 Å². The Morgan fingerprint density at radius 2 is 1.95 bits per heavy atom. The first-order valence-electron chi connectivity index (χ1n) is 7.78. The number of benzene rings is 1. The Hall–Kier alpha value is -1.38. The van der Waals surface area contributed by atoms with Crippen LogP contribution in [0, 0.1) is 11.8 Å². The van der Waals surface area contributed by atoms with Crippen LogP contribution in [0.3, 0.4) is 0 Å². The van der Waals surface area contributed by atoms with Crippen molar-refractivity contribution in [3.05, 3.63) is 18.2 Å². The Morgan fingerprint density at radius 1 is 1.20 bits per heavy atom. The van der Waals surface area contributed by atoms with E-state index in [1.165, 1.54) is 19.3 Å². The van der Waals surface area contributed by atoms with E-state index in [9.17, 15) is 0 Å². The second-order valence-electron chi connectivity index (χ2n) is 6.53. The lowest BCUT2D eigenvalue weighted by molar-refractivity contribution is 0.243. The molecule has 3 unspecified atom stereocenters. The van der Waals surface area contributed by atoms with Gasteiger partial charge in [-0.3, -0.25) is 0 Å². The van der Waals surface area contributed by atoms with E-state index in [2.05, 4.69) is 19.2 Å². The van der Waals surface area contributed by atoms with Crippen LogP contribution >= 0.6 is 0 Å². The molecule has 2 rings (SSSR count). The van der Waals surface area contributed by atoms with Crippen molar-refractivity contribution < 1.29 is 4.74 Å². The fourth-order valence-corrected chi connectivity index (χ4v) is 2.89. The summed E-state index contributed by atoms with van der Waals surface area (Å²) in [7, 11) is 0. The molecule has 0 amide bonds. The summed E-state index contributed by atoms with van der Waals surface area (Å²) in [5.41, 5.74) is 7.77. The molecule has 0 bridgehead atoms. The number of hydrogen-bond acceptors (Lipinski definition) is 3. The zero-order chi connectivity index (χ0) is 14.7. The monoisotopic (exact) mass is 276 g/mol. The minimum Gasteiger partial charge on any atom is -0.489 e. The molecule has 1 fully saturated rings. The minimum atomic E-state index is 0.142. The Kier molecular flexibility index (Phi) is 4.79. The maximum Gasteiger partial charge on any atom is 0.144 e. The van der Waals surface area contributed by atoms with E-state index in [0.717, 1.165) is 23.3 Å². The molecular weight excluding hydrogens is 248 g/mol. The fourth-order valence-electron chi connectivity index (χ4n) is 2.89. The van der Waals surface area contributed by atoms with Crippen molar-refractivity contribution in [1.29, 1.82) is 0 Å². The third-order valence-corrected chi connectivity index (χ3v) is 4.35. The van der Waals surface area contributed by atoms with Gasteiger partial charge in [-0.05, 0) is 57.1 Å². The van der Waals surface area contributed by atoms with E-state index < -0.39 is 0 Å². The van der Waals surface area contributed by atoms with Crippen LogP contribution in [0.15, 0.2) is 18.2 Å². The number of anilines is 2. The average Bonchev–Trinajstić information content (AvgIpc) is 2.37. The van der Waals surface area contributed by atoms with Crippen LogP contribution in [0.25, 0.3) is 0 Å². The van der Waals surface area contributed by atoms with Crippen LogP contribution in [0.1, 0.15) is 47.0 Å². The molecule has 0 heterocycles. The Bertz CT molecular complexity index is 445. The van der Waals surface area contributed by atoms with Crippen LogP contribution in [-0.4, -0.2) is 12.1 Å². The molecule has 0 saturated heterocycles. The van der Waals surface area contributed by atoms with Gasteiger partial charge in [-0.2, -0.15) is 0 Å². The molecule has 0 radical (unpaired) electrons.